The summed E-state index contributed by atoms with van der Waals surface area (Å²) in [6.45, 7) is 2.05. The van der Waals surface area contributed by atoms with Crippen molar-refractivity contribution in [1.29, 1.82) is 0 Å². The van der Waals surface area contributed by atoms with Crippen molar-refractivity contribution in [3.63, 3.8) is 0 Å². The van der Waals surface area contributed by atoms with Crippen molar-refractivity contribution in [3.05, 3.63) is 34.3 Å². The first-order valence-corrected chi connectivity index (χ1v) is 7.65. The molecule has 0 aliphatic heterocycles. The number of aryl methyl sites for hydroxylation is 1. The molecule has 1 aliphatic rings. The van der Waals surface area contributed by atoms with E-state index in [0.717, 1.165) is 27.3 Å². The zero-order chi connectivity index (χ0) is 14.1. The van der Waals surface area contributed by atoms with E-state index >= 15 is 0 Å². The van der Waals surface area contributed by atoms with Gasteiger partial charge in [-0.15, -0.1) is 0 Å². The quantitative estimate of drug-likeness (QED) is 0.631. The highest BCUT2D eigenvalue weighted by atomic mass is 35.5. The first-order chi connectivity index (χ1) is 9.70. The van der Waals surface area contributed by atoms with Gasteiger partial charge in [0.2, 0.25) is 0 Å². The van der Waals surface area contributed by atoms with E-state index in [2.05, 4.69) is 11.5 Å². The molecule has 1 aromatic heterocycles. The molecule has 0 spiro atoms. The number of nitrogens with zero attached hydrogens (tertiary/aromatic N) is 1. The molecule has 0 amide bonds. The Morgan fingerprint density at radius 3 is 2.70 bits per heavy atom. The van der Waals surface area contributed by atoms with Gasteiger partial charge >= 0.3 is 0 Å². The van der Waals surface area contributed by atoms with E-state index in [-0.39, 0.29) is 0 Å². The molecule has 20 heavy (non-hydrogen) atoms. The highest BCUT2D eigenvalue weighted by Crippen LogP contribution is 2.38. The van der Waals surface area contributed by atoms with Crippen molar-refractivity contribution in [1.82, 2.24) is 4.98 Å². The van der Waals surface area contributed by atoms with Crippen LogP contribution in [-0.2, 0) is 0 Å². The Bertz CT molecular complexity index is 633. The molecule has 1 heterocycles. The number of aromatic nitrogens is 1. The van der Waals surface area contributed by atoms with Gasteiger partial charge in [-0.05, 0) is 48.9 Å². The fraction of sp³-hybridized carbons (Fsp3) is 0.438. The third-order valence-corrected chi connectivity index (χ3v) is 4.67. The lowest BCUT2D eigenvalue weighted by molar-refractivity contribution is 0.444. The van der Waals surface area contributed by atoms with Crippen LogP contribution in [0.25, 0.3) is 10.9 Å². The van der Waals surface area contributed by atoms with Crippen LogP contribution < -0.4 is 11.3 Å². The molecular weight excluding hydrogens is 270 g/mol. The predicted octanol–water partition coefficient (Wildman–Crippen LogP) is 4.53. The molecule has 0 bridgehead atoms. The monoisotopic (exact) mass is 289 g/mol. The van der Waals surface area contributed by atoms with E-state index in [1.54, 1.807) is 0 Å². The summed E-state index contributed by atoms with van der Waals surface area (Å²) < 4.78 is 0. The van der Waals surface area contributed by atoms with E-state index in [1.165, 1.54) is 37.7 Å². The number of halogens is 1. The van der Waals surface area contributed by atoms with E-state index in [4.69, 9.17) is 22.4 Å². The minimum absolute atomic E-state index is 0.545. The second kappa shape index (κ2) is 5.58. The van der Waals surface area contributed by atoms with E-state index < -0.39 is 0 Å². The van der Waals surface area contributed by atoms with Gasteiger partial charge in [-0.3, -0.25) is 0 Å². The van der Waals surface area contributed by atoms with Crippen molar-refractivity contribution < 1.29 is 0 Å². The average molecular weight is 290 g/mol. The van der Waals surface area contributed by atoms with Crippen LogP contribution >= 0.6 is 11.6 Å². The third kappa shape index (κ3) is 2.36. The Labute approximate surface area is 124 Å². The average Bonchev–Trinajstić information content (AvgIpc) is 2.51. The van der Waals surface area contributed by atoms with Gasteiger partial charge in [0, 0.05) is 10.4 Å². The molecule has 1 aromatic carbocycles. The molecule has 4 heteroatoms. The van der Waals surface area contributed by atoms with E-state index in [1.807, 2.05) is 19.1 Å². The number of hydrogen-bond acceptors (Lipinski definition) is 3. The van der Waals surface area contributed by atoms with Crippen molar-refractivity contribution in [2.45, 2.75) is 44.9 Å². The highest BCUT2D eigenvalue weighted by molar-refractivity contribution is 6.35. The maximum absolute atomic E-state index is 6.34. The number of anilines is 1. The fourth-order valence-electron chi connectivity index (χ4n) is 3.22. The van der Waals surface area contributed by atoms with Crippen LogP contribution in [0.3, 0.4) is 0 Å². The predicted molar refractivity (Wildman–Crippen MR) is 85.1 cm³/mol. The van der Waals surface area contributed by atoms with Crippen LogP contribution in [0.15, 0.2) is 18.2 Å². The standard InChI is InChI=1S/C16H20ClN3/c1-10-7-8-14(17)13-9-12(11-5-3-2-4-6-11)16(20-18)19-15(10)13/h7-9,11H,2-6,18H2,1H3,(H,19,20). The second-order valence-corrected chi connectivity index (χ2v) is 6.07. The van der Waals surface area contributed by atoms with Crippen LogP contribution in [0, 0.1) is 6.92 Å². The van der Waals surface area contributed by atoms with Crippen LogP contribution in [0.4, 0.5) is 5.82 Å². The lowest BCUT2D eigenvalue weighted by Gasteiger charge is -2.24. The molecule has 2 aromatic rings. The number of hydrazine groups is 1. The molecular formula is C16H20ClN3. The minimum Gasteiger partial charge on any atom is -0.308 e. The van der Waals surface area contributed by atoms with Crippen molar-refractivity contribution in [2.24, 2.45) is 5.84 Å². The van der Waals surface area contributed by atoms with Gasteiger partial charge < -0.3 is 5.43 Å². The summed E-state index contributed by atoms with van der Waals surface area (Å²) in [6.07, 6.45) is 6.34. The first kappa shape index (κ1) is 13.7. The summed E-state index contributed by atoms with van der Waals surface area (Å²) in [4.78, 5) is 4.71. The van der Waals surface area contributed by atoms with Gasteiger partial charge in [0.15, 0.2) is 0 Å². The number of pyridine rings is 1. The zero-order valence-corrected chi connectivity index (χ0v) is 12.5. The largest absolute Gasteiger partial charge is 0.308 e. The Hall–Kier alpha value is -1.32. The summed E-state index contributed by atoms with van der Waals surface area (Å²) >= 11 is 6.34. The SMILES string of the molecule is Cc1ccc(Cl)c2cc(C3CCCCC3)c(NN)nc12. The summed E-state index contributed by atoms with van der Waals surface area (Å²) in [5.74, 6) is 7.04. The molecule has 3 rings (SSSR count). The Kier molecular flexibility index (Phi) is 3.81. The third-order valence-electron chi connectivity index (χ3n) is 4.34. The highest BCUT2D eigenvalue weighted by Gasteiger charge is 2.20. The van der Waals surface area contributed by atoms with E-state index in [9.17, 15) is 0 Å². The Morgan fingerprint density at radius 2 is 2.00 bits per heavy atom. The molecule has 106 valence electrons. The smallest absolute Gasteiger partial charge is 0.144 e. The molecule has 3 N–H and O–H groups in total. The minimum atomic E-state index is 0.545. The summed E-state index contributed by atoms with van der Waals surface area (Å²) in [5, 5.41) is 1.80. The van der Waals surface area contributed by atoms with Crippen LogP contribution in [0.1, 0.15) is 49.1 Å². The molecule has 1 fully saturated rings. The van der Waals surface area contributed by atoms with Gasteiger partial charge in [0.1, 0.15) is 5.82 Å². The van der Waals surface area contributed by atoms with Gasteiger partial charge in [0.25, 0.3) is 0 Å². The summed E-state index contributed by atoms with van der Waals surface area (Å²) in [6, 6.07) is 6.13. The topological polar surface area (TPSA) is 50.9 Å². The fourth-order valence-corrected chi connectivity index (χ4v) is 3.43. The van der Waals surface area contributed by atoms with E-state index in [0.29, 0.717) is 5.92 Å². The second-order valence-electron chi connectivity index (χ2n) is 5.67. The van der Waals surface area contributed by atoms with Gasteiger partial charge in [-0.2, -0.15) is 0 Å². The van der Waals surface area contributed by atoms with Crippen LogP contribution in [0.5, 0.6) is 0 Å². The first-order valence-electron chi connectivity index (χ1n) is 7.27. The number of fused-ring (bicyclic) bond motifs is 1. The lowest BCUT2D eigenvalue weighted by atomic mass is 9.84. The molecule has 0 saturated heterocycles. The number of rotatable bonds is 2. The normalized spacial score (nSPS) is 16.6. The number of benzene rings is 1. The van der Waals surface area contributed by atoms with Crippen molar-refractivity contribution in [2.75, 3.05) is 5.43 Å². The molecule has 1 saturated carbocycles. The van der Waals surface area contributed by atoms with Crippen molar-refractivity contribution in [3.8, 4) is 0 Å². The molecule has 3 nitrogen and oxygen atoms in total. The summed E-state index contributed by atoms with van der Waals surface area (Å²) in [7, 11) is 0. The lowest BCUT2D eigenvalue weighted by Crippen LogP contribution is -2.15. The number of hydrogen-bond donors (Lipinski definition) is 2. The zero-order valence-electron chi connectivity index (χ0n) is 11.7. The molecule has 0 unspecified atom stereocenters. The Balaban J connectivity index is 2.17. The molecule has 0 atom stereocenters. The maximum Gasteiger partial charge on any atom is 0.144 e. The van der Waals surface area contributed by atoms with Gasteiger partial charge in [-0.25, -0.2) is 10.8 Å². The number of nitrogens with one attached hydrogen (secondary N) is 1. The number of nitrogens with two attached hydrogens (primary N) is 1. The Morgan fingerprint density at radius 1 is 1.25 bits per heavy atom. The van der Waals surface area contributed by atoms with Gasteiger partial charge in [0.05, 0.1) is 5.52 Å². The molecule has 1 aliphatic carbocycles. The van der Waals surface area contributed by atoms with Crippen LogP contribution in [-0.4, -0.2) is 4.98 Å². The van der Waals surface area contributed by atoms with Gasteiger partial charge in [-0.1, -0.05) is 36.9 Å². The number of nitrogen functional groups attached to an aromatic ring is 1. The van der Waals surface area contributed by atoms with Crippen LogP contribution in [0.2, 0.25) is 5.02 Å². The van der Waals surface area contributed by atoms with Crippen molar-refractivity contribution >= 4 is 28.3 Å². The maximum atomic E-state index is 6.34. The molecule has 0 radical (unpaired) electrons. The summed E-state index contributed by atoms with van der Waals surface area (Å²) in [5.41, 5.74) is 6.05.